The number of hydrogen-bond acceptors (Lipinski definition) is 2. The molecule has 16 heavy (non-hydrogen) atoms. The quantitative estimate of drug-likeness (QED) is 0.743. The molecule has 2 nitrogen and oxygen atoms in total. The Balaban J connectivity index is 4.75. The van der Waals surface area contributed by atoms with Gasteiger partial charge in [0, 0.05) is 6.42 Å². The van der Waals surface area contributed by atoms with Crippen molar-refractivity contribution in [3.05, 3.63) is 0 Å². The van der Waals surface area contributed by atoms with Crippen LogP contribution in [0.25, 0.3) is 0 Å². The number of nitrogens with zero attached hydrogens (tertiary/aromatic N) is 2. The summed E-state index contributed by atoms with van der Waals surface area (Å²) in [6.45, 7) is 5.39. The van der Waals surface area contributed by atoms with Crippen molar-refractivity contribution in [2.45, 2.75) is 46.2 Å². The predicted molar refractivity (Wildman–Crippen MR) is 53.0 cm³/mol. The van der Waals surface area contributed by atoms with Gasteiger partial charge in [0.25, 0.3) is 0 Å². The van der Waals surface area contributed by atoms with Crippen LogP contribution in [-0.4, -0.2) is 6.18 Å². The van der Waals surface area contributed by atoms with Crippen molar-refractivity contribution in [3.63, 3.8) is 0 Å². The van der Waals surface area contributed by atoms with E-state index in [0.29, 0.717) is 0 Å². The third kappa shape index (κ3) is 5.60. The van der Waals surface area contributed by atoms with Crippen LogP contribution in [0, 0.1) is 33.5 Å². The van der Waals surface area contributed by atoms with Gasteiger partial charge in [-0.3, -0.25) is 0 Å². The van der Waals surface area contributed by atoms with Gasteiger partial charge in [0.05, 0.1) is 12.1 Å². The summed E-state index contributed by atoms with van der Waals surface area (Å²) < 4.78 is 36.2. The van der Waals surface area contributed by atoms with Crippen LogP contribution in [0.3, 0.4) is 0 Å². The maximum atomic E-state index is 12.1. The van der Waals surface area contributed by atoms with E-state index < -0.39 is 24.4 Å². The molecule has 0 N–H and O–H groups in total. The largest absolute Gasteiger partial charge is 0.389 e. The highest BCUT2D eigenvalue weighted by atomic mass is 19.4. The highest BCUT2D eigenvalue weighted by Gasteiger charge is 2.39. The molecule has 5 heteroatoms. The van der Waals surface area contributed by atoms with E-state index in [1.165, 1.54) is 0 Å². The van der Waals surface area contributed by atoms with Crippen LogP contribution < -0.4 is 0 Å². The van der Waals surface area contributed by atoms with Gasteiger partial charge >= 0.3 is 6.18 Å². The zero-order valence-electron chi connectivity index (χ0n) is 9.65. The van der Waals surface area contributed by atoms with Gasteiger partial charge in [-0.1, -0.05) is 20.8 Å². The molecule has 0 saturated heterocycles. The van der Waals surface area contributed by atoms with Gasteiger partial charge in [0.15, 0.2) is 0 Å². The van der Waals surface area contributed by atoms with Crippen molar-refractivity contribution in [1.29, 1.82) is 10.5 Å². The topological polar surface area (TPSA) is 47.6 Å². The minimum atomic E-state index is -4.32. The first-order valence-corrected chi connectivity index (χ1v) is 4.93. The zero-order chi connectivity index (χ0) is 13.0. The minimum absolute atomic E-state index is 0.142. The maximum Gasteiger partial charge on any atom is 0.389 e. The van der Waals surface area contributed by atoms with Crippen LogP contribution >= 0.6 is 0 Å². The molecule has 0 aromatic carbocycles. The first-order valence-electron chi connectivity index (χ1n) is 4.93. The molecule has 0 aromatic rings. The van der Waals surface area contributed by atoms with E-state index >= 15 is 0 Å². The molecule has 0 aromatic heterocycles. The van der Waals surface area contributed by atoms with E-state index in [0.717, 1.165) is 0 Å². The second-order valence-corrected chi connectivity index (χ2v) is 5.16. The van der Waals surface area contributed by atoms with E-state index in [9.17, 15) is 13.2 Å². The van der Waals surface area contributed by atoms with Crippen LogP contribution in [0.4, 0.5) is 13.2 Å². The Morgan fingerprint density at radius 3 is 1.62 bits per heavy atom. The van der Waals surface area contributed by atoms with Gasteiger partial charge in [0.1, 0.15) is 5.41 Å². The fraction of sp³-hybridized carbons (Fsp3) is 0.818. The highest BCUT2D eigenvalue weighted by molar-refractivity contribution is 5.14. The number of alkyl halides is 3. The Hall–Kier alpha value is -1.23. The minimum Gasteiger partial charge on any atom is -0.197 e. The van der Waals surface area contributed by atoms with Gasteiger partial charge in [-0.15, -0.1) is 0 Å². The lowest BCUT2D eigenvalue weighted by molar-refractivity contribution is -0.138. The Labute approximate surface area is 93.7 Å². The smallest absolute Gasteiger partial charge is 0.197 e. The molecule has 90 valence electrons. The molecule has 0 rings (SSSR count). The Bertz CT molecular complexity index is 298. The molecule has 0 amide bonds. The molecular formula is C11H15F3N2. The van der Waals surface area contributed by atoms with E-state index in [2.05, 4.69) is 0 Å². The molecule has 0 atom stereocenters. The van der Waals surface area contributed by atoms with Crippen molar-refractivity contribution in [2.24, 2.45) is 10.8 Å². The number of halogens is 3. The molecule has 0 aliphatic carbocycles. The number of hydrogen-bond donors (Lipinski definition) is 0. The van der Waals surface area contributed by atoms with Crippen LogP contribution in [0.15, 0.2) is 0 Å². The molecule has 0 saturated carbocycles. The van der Waals surface area contributed by atoms with Crippen LogP contribution in [-0.2, 0) is 0 Å². The van der Waals surface area contributed by atoms with E-state index in [1.807, 2.05) is 0 Å². The van der Waals surface area contributed by atoms with Crippen molar-refractivity contribution >= 4 is 0 Å². The van der Waals surface area contributed by atoms with Gasteiger partial charge < -0.3 is 0 Å². The third-order valence-corrected chi connectivity index (χ3v) is 2.10. The van der Waals surface area contributed by atoms with E-state index in [4.69, 9.17) is 10.5 Å². The summed E-state index contributed by atoms with van der Waals surface area (Å²) in [7, 11) is 0. The van der Waals surface area contributed by atoms with Gasteiger partial charge in [0.2, 0.25) is 0 Å². The Morgan fingerprint density at radius 2 is 1.38 bits per heavy atom. The molecule has 0 aliphatic heterocycles. The van der Waals surface area contributed by atoms with Crippen molar-refractivity contribution in [1.82, 2.24) is 0 Å². The maximum absolute atomic E-state index is 12.1. The summed E-state index contributed by atoms with van der Waals surface area (Å²) in [5, 5.41) is 17.8. The monoisotopic (exact) mass is 232 g/mol. The fourth-order valence-electron chi connectivity index (χ4n) is 1.56. The average Bonchev–Trinajstić information content (AvgIpc) is 2.09. The summed E-state index contributed by atoms with van der Waals surface area (Å²) in [5.74, 6) is 0. The highest BCUT2D eigenvalue weighted by Crippen LogP contribution is 2.39. The standard InChI is InChI=1S/C11H15F3N2/c1-9(2,3)6-10(7-15,8-16)4-5-11(12,13)14/h4-6H2,1-3H3. The molecule has 0 unspecified atom stereocenters. The SMILES string of the molecule is CC(C)(C)CC(C#N)(C#N)CCC(F)(F)F. The van der Waals surface area contributed by atoms with Crippen molar-refractivity contribution in [3.8, 4) is 12.1 Å². The number of rotatable bonds is 3. The van der Waals surface area contributed by atoms with Crippen molar-refractivity contribution in [2.75, 3.05) is 0 Å². The molecule has 0 heterocycles. The van der Waals surface area contributed by atoms with Crippen LogP contribution in [0.2, 0.25) is 0 Å². The average molecular weight is 232 g/mol. The van der Waals surface area contributed by atoms with Crippen LogP contribution in [0.5, 0.6) is 0 Å². The third-order valence-electron chi connectivity index (χ3n) is 2.10. The lowest BCUT2D eigenvalue weighted by Gasteiger charge is -2.27. The molecule has 0 bridgehead atoms. The second kappa shape index (κ2) is 4.74. The first-order chi connectivity index (χ1) is 7.04. The zero-order valence-corrected chi connectivity index (χ0v) is 9.65. The summed E-state index contributed by atoms with van der Waals surface area (Å²) in [5.41, 5.74) is -1.88. The molecular weight excluding hydrogens is 217 g/mol. The Morgan fingerprint density at radius 1 is 0.938 bits per heavy atom. The van der Waals surface area contributed by atoms with E-state index in [-0.39, 0.29) is 11.8 Å². The van der Waals surface area contributed by atoms with Gasteiger partial charge in [-0.2, -0.15) is 23.7 Å². The molecule has 0 fully saturated rings. The van der Waals surface area contributed by atoms with E-state index in [1.54, 1.807) is 32.9 Å². The lowest BCUT2D eigenvalue weighted by Crippen LogP contribution is -2.26. The second-order valence-electron chi connectivity index (χ2n) is 5.16. The van der Waals surface area contributed by atoms with Crippen LogP contribution in [0.1, 0.15) is 40.0 Å². The Kier molecular flexibility index (Phi) is 4.37. The molecule has 0 radical (unpaired) electrons. The summed E-state index contributed by atoms with van der Waals surface area (Å²) in [6, 6.07) is 3.47. The summed E-state index contributed by atoms with van der Waals surface area (Å²) in [4.78, 5) is 0. The number of nitriles is 2. The predicted octanol–water partition coefficient (Wildman–Crippen LogP) is 3.80. The lowest BCUT2D eigenvalue weighted by atomic mass is 9.73. The van der Waals surface area contributed by atoms with Gasteiger partial charge in [-0.05, 0) is 18.3 Å². The van der Waals surface area contributed by atoms with Gasteiger partial charge in [-0.25, -0.2) is 0 Å². The normalized spacial score (nSPS) is 13.0. The molecule has 0 spiro atoms. The fourth-order valence-corrected chi connectivity index (χ4v) is 1.56. The molecule has 0 aliphatic rings. The van der Waals surface area contributed by atoms with Crippen molar-refractivity contribution < 1.29 is 13.2 Å². The summed E-state index contributed by atoms with van der Waals surface area (Å²) >= 11 is 0. The first kappa shape index (κ1) is 14.8. The summed E-state index contributed by atoms with van der Waals surface area (Å²) in [6.07, 6.45) is -5.73.